The van der Waals surface area contributed by atoms with E-state index >= 15 is 0 Å². The van der Waals surface area contributed by atoms with Crippen molar-refractivity contribution in [3.8, 4) is 0 Å². The van der Waals surface area contributed by atoms with Crippen molar-refractivity contribution in [1.82, 2.24) is 5.32 Å². The molecule has 18 heavy (non-hydrogen) atoms. The monoisotopic (exact) mass is 249 g/mol. The summed E-state index contributed by atoms with van der Waals surface area (Å²) in [4.78, 5) is 11.6. The predicted octanol–water partition coefficient (Wildman–Crippen LogP) is 2.21. The molecule has 1 amide bonds. The second-order valence-electron chi connectivity index (χ2n) is 4.62. The lowest BCUT2D eigenvalue weighted by Gasteiger charge is -2.05. The van der Waals surface area contributed by atoms with Gasteiger partial charge >= 0.3 is 0 Å². The molecule has 0 fully saturated rings. The molecule has 0 atom stereocenters. The topological polar surface area (TPSA) is 49.3 Å². The highest BCUT2D eigenvalue weighted by atomic mass is 16.2. The van der Waals surface area contributed by atoms with Crippen molar-refractivity contribution in [1.29, 1.82) is 0 Å². The van der Waals surface area contributed by atoms with Crippen molar-refractivity contribution < 1.29 is 9.90 Å². The quantitative estimate of drug-likeness (QED) is 0.694. The molecule has 0 bridgehead atoms. The van der Waals surface area contributed by atoms with Crippen LogP contribution in [0.5, 0.6) is 0 Å². The summed E-state index contributed by atoms with van der Waals surface area (Å²) in [5.74, 6) is 0.112. The van der Waals surface area contributed by atoms with Crippen LogP contribution < -0.4 is 5.32 Å². The van der Waals surface area contributed by atoms with Crippen LogP contribution in [0.1, 0.15) is 36.8 Å². The number of benzene rings is 1. The maximum absolute atomic E-state index is 11.6. The Morgan fingerprint density at radius 1 is 1.28 bits per heavy atom. The summed E-state index contributed by atoms with van der Waals surface area (Å²) in [6.07, 6.45) is 4.07. The van der Waals surface area contributed by atoms with Gasteiger partial charge in [0.05, 0.1) is 0 Å². The van der Waals surface area contributed by atoms with Gasteiger partial charge < -0.3 is 10.4 Å². The Balaban J connectivity index is 2.13. The molecule has 0 unspecified atom stereocenters. The number of rotatable bonds is 8. The third kappa shape index (κ3) is 6.40. The second-order valence-corrected chi connectivity index (χ2v) is 4.62. The van der Waals surface area contributed by atoms with Crippen LogP contribution >= 0.6 is 0 Å². The number of nitrogens with one attached hydrogen (secondary N) is 1. The van der Waals surface area contributed by atoms with E-state index in [1.807, 2.05) is 6.07 Å². The number of aliphatic hydroxyl groups excluding tert-OH is 1. The number of unbranched alkanes of at least 4 members (excludes halogenated alkanes) is 2. The van der Waals surface area contributed by atoms with Crippen molar-refractivity contribution in [2.45, 2.75) is 39.0 Å². The van der Waals surface area contributed by atoms with Crippen LogP contribution in [0, 0.1) is 6.92 Å². The number of amides is 1. The molecular weight excluding hydrogens is 226 g/mol. The van der Waals surface area contributed by atoms with Crippen molar-refractivity contribution in [2.75, 3.05) is 13.2 Å². The van der Waals surface area contributed by atoms with Crippen molar-refractivity contribution >= 4 is 5.91 Å². The lowest BCUT2D eigenvalue weighted by Crippen LogP contribution is -2.24. The van der Waals surface area contributed by atoms with Gasteiger partial charge in [-0.2, -0.15) is 0 Å². The molecule has 0 radical (unpaired) electrons. The highest BCUT2D eigenvalue weighted by Gasteiger charge is 2.01. The highest BCUT2D eigenvalue weighted by Crippen LogP contribution is 2.06. The molecule has 2 N–H and O–H groups in total. The molecule has 0 aliphatic rings. The van der Waals surface area contributed by atoms with Crippen LogP contribution in [0.15, 0.2) is 24.3 Å². The van der Waals surface area contributed by atoms with Gasteiger partial charge in [0.15, 0.2) is 0 Å². The first kappa shape index (κ1) is 14.7. The summed E-state index contributed by atoms with van der Waals surface area (Å²) in [5.41, 5.74) is 2.45. The van der Waals surface area contributed by atoms with Crippen molar-refractivity contribution in [3.05, 3.63) is 35.4 Å². The van der Waals surface area contributed by atoms with E-state index in [1.165, 1.54) is 11.1 Å². The van der Waals surface area contributed by atoms with Crippen LogP contribution in [-0.2, 0) is 11.2 Å². The van der Waals surface area contributed by atoms with Gasteiger partial charge in [0.2, 0.25) is 5.91 Å². The Morgan fingerprint density at radius 3 is 2.83 bits per heavy atom. The van der Waals surface area contributed by atoms with E-state index in [9.17, 15) is 4.79 Å². The SMILES string of the molecule is Cc1cccc(CCC(=O)NCCCCCO)c1. The minimum absolute atomic E-state index is 0.112. The molecule has 1 rings (SSSR count). The molecule has 0 saturated heterocycles. The average Bonchev–Trinajstić information content (AvgIpc) is 2.36. The third-order valence-corrected chi connectivity index (χ3v) is 2.88. The maximum atomic E-state index is 11.6. The Labute approximate surface area is 109 Å². The molecule has 0 aromatic heterocycles. The van der Waals surface area contributed by atoms with E-state index in [1.54, 1.807) is 0 Å². The Hall–Kier alpha value is -1.35. The number of carbonyl (C=O) groups is 1. The Kier molecular flexibility index (Phi) is 7.11. The van der Waals surface area contributed by atoms with Gasteiger partial charge in [-0.25, -0.2) is 0 Å². The fourth-order valence-electron chi connectivity index (χ4n) is 1.86. The lowest BCUT2D eigenvalue weighted by atomic mass is 10.1. The molecule has 0 aliphatic carbocycles. The summed E-state index contributed by atoms with van der Waals surface area (Å²) in [6, 6.07) is 8.26. The summed E-state index contributed by atoms with van der Waals surface area (Å²) in [7, 11) is 0. The highest BCUT2D eigenvalue weighted by molar-refractivity contribution is 5.76. The van der Waals surface area contributed by atoms with Gasteiger partial charge in [-0.3, -0.25) is 4.79 Å². The zero-order valence-corrected chi connectivity index (χ0v) is 11.1. The number of hydrogen-bond donors (Lipinski definition) is 2. The number of aliphatic hydroxyl groups is 1. The number of carbonyl (C=O) groups excluding carboxylic acids is 1. The first-order chi connectivity index (χ1) is 8.72. The van der Waals surface area contributed by atoms with Gasteiger partial charge in [0.1, 0.15) is 0 Å². The minimum Gasteiger partial charge on any atom is -0.396 e. The predicted molar refractivity (Wildman–Crippen MR) is 73.4 cm³/mol. The normalized spacial score (nSPS) is 10.3. The van der Waals surface area contributed by atoms with Crippen LogP contribution in [-0.4, -0.2) is 24.2 Å². The zero-order valence-electron chi connectivity index (χ0n) is 11.1. The molecule has 1 aromatic carbocycles. The summed E-state index contributed by atoms with van der Waals surface area (Å²) in [6.45, 7) is 3.01. The van der Waals surface area contributed by atoms with E-state index in [0.29, 0.717) is 13.0 Å². The molecule has 0 saturated carbocycles. The van der Waals surface area contributed by atoms with Gasteiger partial charge in [0.25, 0.3) is 0 Å². The summed E-state index contributed by atoms with van der Waals surface area (Å²) < 4.78 is 0. The fourth-order valence-corrected chi connectivity index (χ4v) is 1.86. The van der Waals surface area contributed by atoms with E-state index < -0.39 is 0 Å². The molecule has 1 aromatic rings. The number of aryl methyl sites for hydroxylation is 2. The van der Waals surface area contributed by atoms with E-state index in [2.05, 4.69) is 30.4 Å². The zero-order chi connectivity index (χ0) is 13.2. The maximum Gasteiger partial charge on any atom is 0.220 e. The molecular formula is C15H23NO2. The Bertz CT molecular complexity index is 363. The van der Waals surface area contributed by atoms with E-state index in [4.69, 9.17) is 5.11 Å². The van der Waals surface area contributed by atoms with Crippen molar-refractivity contribution in [3.63, 3.8) is 0 Å². The minimum atomic E-state index is 0.112. The fraction of sp³-hybridized carbons (Fsp3) is 0.533. The molecule has 0 heterocycles. The summed E-state index contributed by atoms with van der Waals surface area (Å²) in [5, 5.41) is 11.5. The van der Waals surface area contributed by atoms with Gasteiger partial charge in [-0.15, -0.1) is 0 Å². The van der Waals surface area contributed by atoms with Gasteiger partial charge in [-0.1, -0.05) is 29.8 Å². The van der Waals surface area contributed by atoms with Gasteiger partial charge in [-0.05, 0) is 38.2 Å². The Morgan fingerprint density at radius 2 is 2.11 bits per heavy atom. The van der Waals surface area contributed by atoms with Crippen molar-refractivity contribution in [2.24, 2.45) is 0 Å². The van der Waals surface area contributed by atoms with Crippen LogP contribution in [0.25, 0.3) is 0 Å². The average molecular weight is 249 g/mol. The molecule has 3 heteroatoms. The van der Waals surface area contributed by atoms with Crippen LogP contribution in [0.2, 0.25) is 0 Å². The van der Waals surface area contributed by atoms with E-state index in [0.717, 1.165) is 25.7 Å². The van der Waals surface area contributed by atoms with Gasteiger partial charge in [0, 0.05) is 19.6 Å². The standard InChI is InChI=1S/C15H23NO2/c1-13-6-5-7-14(12-13)8-9-15(18)16-10-3-2-4-11-17/h5-7,12,17H,2-4,8-11H2,1H3,(H,16,18). The van der Waals surface area contributed by atoms with E-state index in [-0.39, 0.29) is 12.5 Å². The smallest absolute Gasteiger partial charge is 0.220 e. The van der Waals surface area contributed by atoms with Crippen LogP contribution in [0.4, 0.5) is 0 Å². The molecule has 0 spiro atoms. The summed E-state index contributed by atoms with van der Waals surface area (Å²) >= 11 is 0. The largest absolute Gasteiger partial charge is 0.396 e. The first-order valence-electron chi connectivity index (χ1n) is 6.65. The molecule has 3 nitrogen and oxygen atoms in total. The number of hydrogen-bond acceptors (Lipinski definition) is 2. The van der Waals surface area contributed by atoms with Crippen LogP contribution in [0.3, 0.4) is 0 Å². The first-order valence-corrected chi connectivity index (χ1v) is 6.65. The molecule has 100 valence electrons. The second kappa shape index (κ2) is 8.70. The third-order valence-electron chi connectivity index (χ3n) is 2.88. The lowest BCUT2D eigenvalue weighted by molar-refractivity contribution is -0.121. The molecule has 0 aliphatic heterocycles.